The van der Waals surface area contributed by atoms with Gasteiger partial charge in [-0.05, 0) is 78.1 Å². The zero-order valence-corrected chi connectivity index (χ0v) is 22.4. The van der Waals surface area contributed by atoms with Crippen molar-refractivity contribution >= 4 is 44.9 Å². The molecule has 0 unspecified atom stereocenters. The number of rotatable bonds is 4. The number of aromatic nitrogens is 2. The molecule has 0 aliphatic heterocycles. The molecular formula is C38H28N2. The first-order valence-electron chi connectivity index (χ1n) is 13.9. The van der Waals surface area contributed by atoms with Gasteiger partial charge in [0.05, 0.1) is 27.9 Å². The Hall–Kier alpha value is -5.08. The molecule has 7 aromatic rings. The lowest BCUT2D eigenvalue weighted by Crippen LogP contribution is -1.99. The second kappa shape index (κ2) is 8.72. The molecule has 0 bridgehead atoms. The fraction of sp³-hybridized carbons (Fsp3) is 0.0526. The average Bonchev–Trinajstić information content (AvgIpc) is 3.64. The molecule has 2 heterocycles. The monoisotopic (exact) mass is 512 g/mol. The Labute approximate surface area is 233 Å². The van der Waals surface area contributed by atoms with Gasteiger partial charge in [0.2, 0.25) is 0 Å². The minimum atomic E-state index is 1.00. The number of fused-ring (bicyclic) bond motifs is 7. The van der Waals surface area contributed by atoms with Crippen molar-refractivity contribution in [1.82, 2.24) is 9.13 Å². The summed E-state index contributed by atoms with van der Waals surface area (Å²) in [6.07, 6.45) is 7.31. The van der Waals surface area contributed by atoms with Gasteiger partial charge in [-0.2, -0.15) is 0 Å². The molecule has 0 saturated carbocycles. The van der Waals surface area contributed by atoms with Gasteiger partial charge in [-0.1, -0.05) is 91.5 Å². The van der Waals surface area contributed by atoms with E-state index in [1.54, 1.807) is 0 Å². The lowest BCUT2D eigenvalue weighted by Gasteiger charge is -2.13. The average molecular weight is 513 g/mol. The summed E-state index contributed by atoms with van der Waals surface area (Å²) in [4.78, 5) is 0. The van der Waals surface area contributed by atoms with Crippen LogP contribution in [0.1, 0.15) is 29.3 Å². The first-order chi connectivity index (χ1) is 19.8. The zero-order chi connectivity index (χ0) is 26.8. The molecule has 0 fully saturated rings. The van der Waals surface area contributed by atoms with Crippen LogP contribution in [-0.4, -0.2) is 9.13 Å². The van der Waals surface area contributed by atoms with E-state index in [-0.39, 0.29) is 0 Å². The highest BCUT2D eigenvalue weighted by Crippen LogP contribution is 2.42. The van der Waals surface area contributed by atoms with Crippen molar-refractivity contribution in [2.45, 2.75) is 13.3 Å². The highest BCUT2D eigenvalue weighted by molar-refractivity contribution is 6.14. The summed E-state index contributed by atoms with van der Waals surface area (Å²) in [6, 6.07) is 39.9. The maximum atomic E-state index is 4.18. The van der Waals surface area contributed by atoms with Gasteiger partial charge in [0, 0.05) is 27.4 Å². The molecular weight excluding hydrogens is 484 g/mol. The normalized spacial score (nSPS) is 12.5. The van der Waals surface area contributed by atoms with Gasteiger partial charge < -0.3 is 9.13 Å². The molecule has 190 valence electrons. The van der Waals surface area contributed by atoms with Crippen LogP contribution in [0, 0.1) is 0 Å². The number of nitrogens with zero attached hydrogens (tertiary/aromatic N) is 2. The number of hydrogen-bond acceptors (Lipinski definition) is 0. The van der Waals surface area contributed by atoms with E-state index in [1.807, 2.05) is 6.08 Å². The molecule has 2 heteroatoms. The Morgan fingerprint density at radius 2 is 1.35 bits per heavy atom. The summed E-state index contributed by atoms with van der Waals surface area (Å²) in [6.45, 7) is 6.26. The lowest BCUT2D eigenvalue weighted by atomic mass is 10.1. The molecule has 1 aliphatic rings. The van der Waals surface area contributed by atoms with Crippen LogP contribution >= 0.6 is 0 Å². The van der Waals surface area contributed by atoms with Crippen molar-refractivity contribution in [2.75, 3.05) is 0 Å². The summed E-state index contributed by atoms with van der Waals surface area (Å²) >= 11 is 0. The first kappa shape index (κ1) is 22.9. The van der Waals surface area contributed by atoms with E-state index in [2.05, 4.69) is 144 Å². The Bertz CT molecular complexity index is 2170. The molecule has 0 atom stereocenters. The summed E-state index contributed by atoms with van der Waals surface area (Å²) in [5.74, 6) is 0. The van der Waals surface area contributed by atoms with Crippen molar-refractivity contribution in [3.05, 3.63) is 144 Å². The zero-order valence-electron chi connectivity index (χ0n) is 22.4. The Kier molecular flexibility index (Phi) is 4.99. The third-order valence-electron chi connectivity index (χ3n) is 8.44. The molecule has 2 aromatic heterocycles. The molecule has 0 spiro atoms. The van der Waals surface area contributed by atoms with E-state index >= 15 is 0 Å². The van der Waals surface area contributed by atoms with Crippen LogP contribution < -0.4 is 0 Å². The maximum Gasteiger partial charge on any atom is 0.0562 e. The van der Waals surface area contributed by atoms with E-state index in [0.29, 0.717) is 0 Å². The van der Waals surface area contributed by atoms with Gasteiger partial charge in [0.1, 0.15) is 0 Å². The maximum absolute atomic E-state index is 4.18. The summed E-state index contributed by atoms with van der Waals surface area (Å²) in [5.41, 5.74) is 13.8. The number of para-hydroxylation sites is 2. The third-order valence-corrected chi connectivity index (χ3v) is 8.44. The third kappa shape index (κ3) is 3.11. The number of benzene rings is 5. The van der Waals surface area contributed by atoms with Gasteiger partial charge in [-0.3, -0.25) is 0 Å². The van der Waals surface area contributed by atoms with Crippen LogP contribution in [0.3, 0.4) is 0 Å². The fourth-order valence-electron chi connectivity index (χ4n) is 6.80. The molecule has 2 nitrogen and oxygen atoms in total. The van der Waals surface area contributed by atoms with Crippen molar-refractivity contribution < 1.29 is 0 Å². The summed E-state index contributed by atoms with van der Waals surface area (Å²) in [5, 5.41) is 3.71. The molecule has 8 rings (SSSR count). The van der Waals surface area contributed by atoms with Crippen LogP contribution in [-0.2, 0) is 6.42 Å². The van der Waals surface area contributed by atoms with Gasteiger partial charge in [-0.25, -0.2) is 0 Å². The standard InChI is InChI=1S/C38H28N2/c1-3-12-33-28(4-2)30-15-7-9-17-34(30)40(33)37-20-11-19-36-38(37)31-16-8-10-18-35(31)39(36)27-22-21-26-23-25-13-5-6-14-29(25)32(26)24-27/h3-22,24H,2,23H2,1H3/b12-3-. The predicted octanol–water partition coefficient (Wildman–Crippen LogP) is 9.97. The molecule has 0 amide bonds. The van der Waals surface area contributed by atoms with Crippen LogP contribution in [0.15, 0.2) is 122 Å². The van der Waals surface area contributed by atoms with E-state index in [9.17, 15) is 0 Å². The van der Waals surface area contributed by atoms with Crippen LogP contribution in [0.4, 0.5) is 0 Å². The predicted molar refractivity (Wildman–Crippen MR) is 171 cm³/mol. The SMILES string of the molecule is C=Cc1c(/C=C\C)n(-c2cccc3c2c2ccccc2n3-c2ccc3c(c2)-c2ccccc2C3)c2ccccc12. The fourth-order valence-corrected chi connectivity index (χ4v) is 6.80. The Morgan fingerprint density at radius 1 is 0.650 bits per heavy atom. The van der Waals surface area contributed by atoms with Gasteiger partial charge >= 0.3 is 0 Å². The molecule has 5 aromatic carbocycles. The minimum Gasteiger partial charge on any atom is -0.309 e. The van der Waals surface area contributed by atoms with E-state index in [0.717, 1.165) is 17.7 Å². The van der Waals surface area contributed by atoms with Crippen LogP contribution in [0.2, 0.25) is 0 Å². The van der Waals surface area contributed by atoms with Gasteiger partial charge in [0.25, 0.3) is 0 Å². The molecule has 40 heavy (non-hydrogen) atoms. The summed E-state index contributed by atoms with van der Waals surface area (Å²) in [7, 11) is 0. The van der Waals surface area contributed by atoms with Gasteiger partial charge in [0.15, 0.2) is 0 Å². The highest BCUT2D eigenvalue weighted by Gasteiger charge is 2.22. The van der Waals surface area contributed by atoms with E-state index in [4.69, 9.17) is 0 Å². The lowest BCUT2D eigenvalue weighted by molar-refractivity contribution is 1.12. The van der Waals surface area contributed by atoms with Crippen molar-refractivity contribution in [1.29, 1.82) is 0 Å². The highest BCUT2D eigenvalue weighted by atomic mass is 15.0. The Balaban J connectivity index is 1.47. The van der Waals surface area contributed by atoms with Crippen LogP contribution in [0.5, 0.6) is 0 Å². The van der Waals surface area contributed by atoms with Crippen LogP contribution in [0.25, 0.3) is 67.4 Å². The molecule has 0 radical (unpaired) electrons. The molecule has 0 N–H and O–H groups in total. The topological polar surface area (TPSA) is 9.86 Å². The minimum absolute atomic E-state index is 1.00. The first-order valence-corrected chi connectivity index (χ1v) is 13.9. The number of allylic oxidation sites excluding steroid dienone is 1. The number of hydrogen-bond donors (Lipinski definition) is 0. The summed E-state index contributed by atoms with van der Waals surface area (Å²) < 4.78 is 4.84. The van der Waals surface area contributed by atoms with E-state index < -0.39 is 0 Å². The van der Waals surface area contributed by atoms with E-state index in [1.165, 1.54) is 66.3 Å². The second-order valence-corrected chi connectivity index (χ2v) is 10.6. The largest absolute Gasteiger partial charge is 0.309 e. The molecule has 0 saturated heterocycles. The van der Waals surface area contributed by atoms with Gasteiger partial charge in [-0.15, -0.1) is 0 Å². The van der Waals surface area contributed by atoms with Crippen molar-refractivity contribution in [3.8, 4) is 22.5 Å². The van der Waals surface area contributed by atoms with Crippen molar-refractivity contribution in [2.24, 2.45) is 0 Å². The Morgan fingerprint density at radius 3 is 2.17 bits per heavy atom. The van der Waals surface area contributed by atoms with Crippen molar-refractivity contribution in [3.63, 3.8) is 0 Å². The molecule has 1 aliphatic carbocycles. The smallest absolute Gasteiger partial charge is 0.0562 e. The second-order valence-electron chi connectivity index (χ2n) is 10.6. The quantitative estimate of drug-likeness (QED) is 0.222.